The highest BCUT2D eigenvalue weighted by molar-refractivity contribution is 6.08. The van der Waals surface area contributed by atoms with E-state index in [-0.39, 0.29) is 11.4 Å². The number of benzene rings is 2. The molecule has 0 unspecified atom stereocenters. The van der Waals surface area contributed by atoms with Gasteiger partial charge in [-0.05, 0) is 24.3 Å². The van der Waals surface area contributed by atoms with E-state index in [0.29, 0.717) is 43.4 Å². The Labute approximate surface area is 179 Å². The summed E-state index contributed by atoms with van der Waals surface area (Å²) in [4.78, 5) is 32.5. The van der Waals surface area contributed by atoms with Crippen LogP contribution in [0.5, 0.6) is 5.75 Å². The molecule has 3 aromatic rings. The van der Waals surface area contributed by atoms with Crippen LogP contribution in [-0.2, 0) is 4.74 Å². The number of morpholine rings is 1. The quantitative estimate of drug-likeness (QED) is 0.647. The molecule has 9 heteroatoms. The molecule has 1 saturated heterocycles. The van der Waals surface area contributed by atoms with E-state index in [1.54, 1.807) is 30.3 Å². The summed E-state index contributed by atoms with van der Waals surface area (Å²) in [7, 11) is 1.50. The van der Waals surface area contributed by atoms with E-state index < -0.39 is 11.5 Å². The van der Waals surface area contributed by atoms with Crippen LogP contribution in [0.4, 0.5) is 17.2 Å². The van der Waals surface area contributed by atoms with Gasteiger partial charge in [-0.1, -0.05) is 24.3 Å². The third-order valence-electron chi connectivity index (χ3n) is 5.08. The number of nitrogens with one attached hydrogen (secondary N) is 1. The average molecular weight is 421 g/mol. The SMILES string of the molecule is COc1ccccc1-n1cnc(N)c(C(=O)Nc2ccccc2N2CCOCC2)c1=O. The van der Waals surface area contributed by atoms with E-state index in [9.17, 15) is 9.59 Å². The molecule has 0 radical (unpaired) electrons. The molecule has 3 N–H and O–H groups in total. The fraction of sp³-hybridized carbons (Fsp3) is 0.227. The number of rotatable bonds is 5. The minimum atomic E-state index is -0.625. The number of carbonyl (C=O) groups excluding carboxylic acids is 1. The molecule has 2 aromatic carbocycles. The smallest absolute Gasteiger partial charge is 0.273 e. The second kappa shape index (κ2) is 8.88. The summed E-state index contributed by atoms with van der Waals surface area (Å²) in [5, 5.41) is 2.83. The third-order valence-corrected chi connectivity index (χ3v) is 5.08. The fourth-order valence-corrected chi connectivity index (χ4v) is 3.52. The highest BCUT2D eigenvalue weighted by Crippen LogP contribution is 2.27. The molecule has 0 atom stereocenters. The van der Waals surface area contributed by atoms with Crippen LogP contribution < -0.4 is 26.2 Å². The normalized spacial score (nSPS) is 13.6. The zero-order chi connectivity index (χ0) is 21.8. The average Bonchev–Trinajstić information content (AvgIpc) is 2.80. The molecule has 160 valence electrons. The van der Waals surface area contributed by atoms with Crippen molar-refractivity contribution in [2.24, 2.45) is 0 Å². The van der Waals surface area contributed by atoms with E-state index >= 15 is 0 Å². The van der Waals surface area contributed by atoms with Crippen LogP contribution >= 0.6 is 0 Å². The van der Waals surface area contributed by atoms with E-state index in [1.807, 2.05) is 18.2 Å². The standard InChI is InChI=1S/C22H23N5O4/c1-30-18-9-5-4-8-17(18)27-14-24-20(23)19(22(27)29)21(28)25-15-6-2-3-7-16(15)26-10-12-31-13-11-26/h2-9,14H,10-13,23H2,1H3,(H,25,28). The maximum atomic E-state index is 13.2. The van der Waals surface area contributed by atoms with Gasteiger partial charge in [0.15, 0.2) is 0 Å². The van der Waals surface area contributed by atoms with Crippen LogP contribution in [-0.4, -0.2) is 48.9 Å². The van der Waals surface area contributed by atoms with Gasteiger partial charge in [-0.15, -0.1) is 0 Å². The van der Waals surface area contributed by atoms with Gasteiger partial charge in [-0.2, -0.15) is 0 Å². The molecular formula is C22H23N5O4. The van der Waals surface area contributed by atoms with Gasteiger partial charge in [-0.25, -0.2) is 4.98 Å². The molecule has 9 nitrogen and oxygen atoms in total. The number of ether oxygens (including phenoxy) is 2. The van der Waals surface area contributed by atoms with Crippen molar-refractivity contribution in [3.8, 4) is 11.4 Å². The first-order valence-electron chi connectivity index (χ1n) is 9.83. The van der Waals surface area contributed by atoms with Crippen LogP contribution in [0, 0.1) is 0 Å². The largest absolute Gasteiger partial charge is 0.495 e. The van der Waals surface area contributed by atoms with Crippen molar-refractivity contribution >= 4 is 23.1 Å². The lowest BCUT2D eigenvalue weighted by Crippen LogP contribution is -2.37. The second-order valence-corrected chi connectivity index (χ2v) is 6.92. The maximum absolute atomic E-state index is 13.2. The van der Waals surface area contributed by atoms with Crippen molar-refractivity contribution in [3.05, 3.63) is 70.8 Å². The number of hydrogen-bond acceptors (Lipinski definition) is 7. The molecule has 1 aromatic heterocycles. The van der Waals surface area contributed by atoms with Gasteiger partial charge >= 0.3 is 0 Å². The van der Waals surface area contributed by atoms with Crippen molar-refractivity contribution in [2.45, 2.75) is 0 Å². The number of methoxy groups -OCH3 is 1. The Morgan fingerprint density at radius 1 is 1.10 bits per heavy atom. The van der Waals surface area contributed by atoms with Gasteiger partial charge in [0.05, 0.1) is 37.4 Å². The van der Waals surface area contributed by atoms with E-state index in [4.69, 9.17) is 15.2 Å². The molecule has 0 aliphatic carbocycles. The van der Waals surface area contributed by atoms with Gasteiger partial charge in [-0.3, -0.25) is 14.2 Å². The number of anilines is 3. The van der Waals surface area contributed by atoms with Crippen LogP contribution in [0.25, 0.3) is 5.69 Å². The predicted octanol–water partition coefficient (Wildman–Crippen LogP) is 1.91. The second-order valence-electron chi connectivity index (χ2n) is 6.92. The molecule has 1 aliphatic rings. The Balaban J connectivity index is 1.70. The van der Waals surface area contributed by atoms with Crippen molar-refractivity contribution in [1.82, 2.24) is 9.55 Å². The highest BCUT2D eigenvalue weighted by atomic mass is 16.5. The summed E-state index contributed by atoms with van der Waals surface area (Å²) in [6.45, 7) is 2.65. The maximum Gasteiger partial charge on any atom is 0.273 e. The highest BCUT2D eigenvalue weighted by Gasteiger charge is 2.22. The number of para-hydroxylation sites is 4. The molecule has 1 fully saturated rings. The molecule has 2 heterocycles. The zero-order valence-electron chi connectivity index (χ0n) is 17.1. The zero-order valence-corrected chi connectivity index (χ0v) is 17.1. The lowest BCUT2D eigenvalue weighted by molar-refractivity contribution is 0.102. The summed E-state index contributed by atoms with van der Waals surface area (Å²) in [6.07, 6.45) is 1.29. The van der Waals surface area contributed by atoms with Crippen molar-refractivity contribution in [1.29, 1.82) is 0 Å². The monoisotopic (exact) mass is 421 g/mol. The Hall–Kier alpha value is -3.85. The van der Waals surface area contributed by atoms with Crippen LogP contribution in [0.3, 0.4) is 0 Å². The number of carbonyl (C=O) groups is 1. The van der Waals surface area contributed by atoms with E-state index in [2.05, 4.69) is 15.2 Å². The van der Waals surface area contributed by atoms with Crippen molar-refractivity contribution in [3.63, 3.8) is 0 Å². The topological polar surface area (TPSA) is 112 Å². The predicted molar refractivity (Wildman–Crippen MR) is 118 cm³/mol. The molecule has 0 saturated carbocycles. The van der Waals surface area contributed by atoms with Gasteiger partial charge < -0.3 is 25.4 Å². The number of nitrogens with zero attached hydrogens (tertiary/aromatic N) is 3. The van der Waals surface area contributed by atoms with Crippen molar-refractivity contribution < 1.29 is 14.3 Å². The van der Waals surface area contributed by atoms with E-state index in [0.717, 1.165) is 5.69 Å². The minimum Gasteiger partial charge on any atom is -0.495 e. The summed E-state index contributed by atoms with van der Waals surface area (Å²) in [5.74, 6) is -0.294. The minimum absolute atomic E-state index is 0.141. The van der Waals surface area contributed by atoms with Gasteiger partial charge in [0.25, 0.3) is 11.5 Å². The first kappa shape index (κ1) is 20.4. The third kappa shape index (κ3) is 4.08. The van der Waals surface area contributed by atoms with Crippen molar-refractivity contribution in [2.75, 3.05) is 49.4 Å². The van der Waals surface area contributed by atoms with E-state index in [1.165, 1.54) is 18.0 Å². The van der Waals surface area contributed by atoms with Gasteiger partial charge in [0, 0.05) is 13.1 Å². The summed E-state index contributed by atoms with van der Waals surface area (Å²) in [5.41, 5.74) is 7.02. The first-order chi connectivity index (χ1) is 15.1. The summed E-state index contributed by atoms with van der Waals surface area (Å²) in [6, 6.07) is 14.4. The first-order valence-corrected chi connectivity index (χ1v) is 9.83. The molecule has 1 aliphatic heterocycles. The van der Waals surface area contributed by atoms with Crippen LogP contribution in [0.15, 0.2) is 59.7 Å². The molecule has 31 heavy (non-hydrogen) atoms. The lowest BCUT2D eigenvalue weighted by atomic mass is 10.2. The van der Waals surface area contributed by atoms with Gasteiger partial charge in [0.1, 0.15) is 23.5 Å². The van der Waals surface area contributed by atoms with Crippen LogP contribution in [0.1, 0.15) is 10.4 Å². The Bertz CT molecular complexity index is 1150. The molecule has 0 bridgehead atoms. The number of amides is 1. The molecule has 1 amide bonds. The lowest BCUT2D eigenvalue weighted by Gasteiger charge is -2.30. The fourth-order valence-electron chi connectivity index (χ4n) is 3.52. The number of hydrogen-bond donors (Lipinski definition) is 2. The molecular weight excluding hydrogens is 398 g/mol. The Morgan fingerprint density at radius 2 is 1.77 bits per heavy atom. The molecule has 0 spiro atoms. The number of nitrogens with two attached hydrogens (primary N) is 1. The number of nitrogen functional groups attached to an aromatic ring is 1. The number of aromatic nitrogens is 2. The summed E-state index contributed by atoms with van der Waals surface area (Å²) >= 11 is 0. The Morgan fingerprint density at radius 3 is 2.52 bits per heavy atom. The van der Waals surface area contributed by atoms with Gasteiger partial charge in [0.2, 0.25) is 0 Å². The van der Waals surface area contributed by atoms with Crippen LogP contribution in [0.2, 0.25) is 0 Å². The summed E-state index contributed by atoms with van der Waals surface area (Å²) < 4.78 is 12.0. The Kier molecular flexibility index (Phi) is 5.85. The molecule has 4 rings (SSSR count).